The number of aliphatic hydroxyl groups is 1. The molecule has 0 radical (unpaired) electrons. The highest BCUT2D eigenvalue weighted by molar-refractivity contribution is 5.92. The van der Waals surface area contributed by atoms with E-state index in [1.54, 1.807) is 24.4 Å². The van der Waals surface area contributed by atoms with Crippen LogP contribution in [0.25, 0.3) is 0 Å². The van der Waals surface area contributed by atoms with E-state index in [1.165, 1.54) is 12.7 Å². The molecule has 1 aliphatic carbocycles. The van der Waals surface area contributed by atoms with Crippen LogP contribution in [0.3, 0.4) is 0 Å². The molecule has 0 amide bonds. The van der Waals surface area contributed by atoms with Crippen molar-refractivity contribution in [2.45, 2.75) is 31.5 Å². The van der Waals surface area contributed by atoms with E-state index in [9.17, 15) is 9.90 Å². The number of rotatable bonds is 6. The molecule has 0 bridgehead atoms. The molecular formula is C23H28N2O4. The summed E-state index contributed by atoms with van der Waals surface area (Å²) in [4.78, 5) is 18.7. The van der Waals surface area contributed by atoms with Crippen molar-refractivity contribution in [3.05, 3.63) is 59.9 Å². The third kappa shape index (κ3) is 4.60. The van der Waals surface area contributed by atoms with Crippen LogP contribution in [0, 0.1) is 11.8 Å². The highest BCUT2D eigenvalue weighted by atomic mass is 16.5. The Balaban J connectivity index is 1.37. The second kappa shape index (κ2) is 8.93. The molecule has 1 aromatic carbocycles. The van der Waals surface area contributed by atoms with Crippen LogP contribution in [0.4, 0.5) is 0 Å². The van der Waals surface area contributed by atoms with E-state index < -0.39 is 12.1 Å². The molecule has 2 aliphatic rings. The predicted octanol–water partition coefficient (Wildman–Crippen LogP) is 2.56. The van der Waals surface area contributed by atoms with Crippen molar-refractivity contribution in [1.29, 1.82) is 0 Å². The topological polar surface area (TPSA) is 71.9 Å². The summed E-state index contributed by atoms with van der Waals surface area (Å²) in [5, 5.41) is 10.7. The molecule has 4 atom stereocenters. The Bertz CT molecular complexity index is 829. The Morgan fingerprint density at radius 1 is 1.17 bits per heavy atom. The number of pyridine rings is 1. The number of aromatic nitrogens is 1. The number of nitrogens with zero attached hydrogens (tertiary/aromatic N) is 2. The zero-order valence-electron chi connectivity index (χ0n) is 16.7. The fourth-order valence-corrected chi connectivity index (χ4v) is 4.64. The third-order valence-electron chi connectivity index (χ3n) is 6.17. The average molecular weight is 396 g/mol. The van der Waals surface area contributed by atoms with Gasteiger partial charge in [0.1, 0.15) is 17.4 Å². The summed E-state index contributed by atoms with van der Waals surface area (Å²) >= 11 is 0. The first-order valence-electron chi connectivity index (χ1n) is 10.3. The van der Waals surface area contributed by atoms with Crippen molar-refractivity contribution in [2.24, 2.45) is 11.8 Å². The Labute approximate surface area is 171 Å². The van der Waals surface area contributed by atoms with Crippen molar-refractivity contribution < 1.29 is 19.4 Å². The lowest BCUT2D eigenvalue weighted by atomic mass is 9.78. The molecule has 1 N–H and O–H groups in total. The Hall–Kier alpha value is -2.44. The molecule has 29 heavy (non-hydrogen) atoms. The largest absolute Gasteiger partial charge is 0.487 e. The molecule has 1 aromatic heterocycles. The molecule has 154 valence electrons. The minimum Gasteiger partial charge on any atom is -0.487 e. The molecule has 2 fully saturated rings. The highest BCUT2D eigenvalue weighted by Crippen LogP contribution is 2.38. The van der Waals surface area contributed by atoms with Crippen molar-refractivity contribution >= 4 is 5.97 Å². The summed E-state index contributed by atoms with van der Waals surface area (Å²) in [7, 11) is 1.36. The number of ether oxygens (including phenoxy) is 2. The number of hydrogen-bond donors (Lipinski definition) is 1. The van der Waals surface area contributed by atoms with E-state index in [1.807, 2.05) is 18.3 Å². The first-order chi connectivity index (χ1) is 14.1. The fourth-order valence-electron chi connectivity index (χ4n) is 4.64. The van der Waals surface area contributed by atoms with Crippen LogP contribution in [0.2, 0.25) is 0 Å². The summed E-state index contributed by atoms with van der Waals surface area (Å²) < 4.78 is 11.0. The van der Waals surface area contributed by atoms with Gasteiger partial charge >= 0.3 is 5.97 Å². The van der Waals surface area contributed by atoms with Crippen LogP contribution in [-0.4, -0.2) is 59.9 Å². The maximum absolute atomic E-state index is 12.0. The quantitative estimate of drug-likeness (QED) is 0.757. The summed E-state index contributed by atoms with van der Waals surface area (Å²) in [5.74, 6) is 1.05. The number of hydrogen-bond acceptors (Lipinski definition) is 6. The minimum absolute atomic E-state index is 0.305. The highest BCUT2D eigenvalue weighted by Gasteiger charge is 2.42. The van der Waals surface area contributed by atoms with Gasteiger partial charge in [0.15, 0.2) is 0 Å². The minimum atomic E-state index is -0.528. The van der Waals surface area contributed by atoms with Gasteiger partial charge in [-0.15, -0.1) is 0 Å². The normalized spacial score (nSPS) is 26.7. The first-order valence-corrected chi connectivity index (χ1v) is 10.3. The van der Waals surface area contributed by atoms with Crippen LogP contribution >= 0.6 is 0 Å². The molecule has 0 unspecified atom stereocenters. The molecule has 1 saturated carbocycles. The lowest BCUT2D eigenvalue weighted by molar-refractivity contribution is -0.0237. The van der Waals surface area contributed by atoms with E-state index in [4.69, 9.17) is 9.47 Å². The van der Waals surface area contributed by atoms with Gasteiger partial charge in [0.05, 0.1) is 13.2 Å². The van der Waals surface area contributed by atoms with Crippen LogP contribution in [0.1, 0.15) is 28.8 Å². The summed E-state index contributed by atoms with van der Waals surface area (Å²) in [6, 6.07) is 11.2. The number of methoxy groups -OCH3 is 1. The average Bonchev–Trinajstić information content (AvgIpc) is 3.14. The van der Waals surface area contributed by atoms with Crippen molar-refractivity contribution in [1.82, 2.24) is 9.88 Å². The van der Waals surface area contributed by atoms with E-state index in [0.717, 1.165) is 38.9 Å². The lowest BCUT2D eigenvalue weighted by Gasteiger charge is -2.35. The number of fused-ring (bicyclic) bond motifs is 1. The molecule has 1 saturated heterocycles. The van der Waals surface area contributed by atoms with Gasteiger partial charge in [0.25, 0.3) is 0 Å². The summed E-state index contributed by atoms with van der Waals surface area (Å²) in [6.07, 6.45) is 5.41. The van der Waals surface area contributed by atoms with Gasteiger partial charge in [0.2, 0.25) is 0 Å². The number of benzene rings is 1. The van der Waals surface area contributed by atoms with E-state index in [2.05, 4.69) is 16.0 Å². The maximum atomic E-state index is 12.0. The molecule has 6 nitrogen and oxygen atoms in total. The molecular weight excluding hydrogens is 368 g/mol. The second-order valence-electron chi connectivity index (χ2n) is 8.07. The standard InChI is InChI=1S/C23H28N2O4/c1-28-23(27)19-6-2-3-7-21(19)29-22-12-18-15-25(14-17(18)11-20(22)26)10-8-16-5-4-9-24-13-16/h2-7,9,13,17-18,20,22,26H,8,10-12,14-15H2,1H3/t17-,18+,20+,22+/m0/s1. The van der Waals surface area contributed by atoms with Gasteiger partial charge in [-0.25, -0.2) is 4.79 Å². The number of aliphatic hydroxyl groups excluding tert-OH is 1. The van der Waals surface area contributed by atoms with Gasteiger partial charge in [0, 0.05) is 32.0 Å². The smallest absolute Gasteiger partial charge is 0.341 e. The van der Waals surface area contributed by atoms with Gasteiger partial charge in [-0.3, -0.25) is 4.98 Å². The molecule has 2 heterocycles. The van der Waals surface area contributed by atoms with Gasteiger partial charge < -0.3 is 19.5 Å². The van der Waals surface area contributed by atoms with Gasteiger partial charge in [-0.2, -0.15) is 0 Å². The Morgan fingerprint density at radius 2 is 1.97 bits per heavy atom. The summed E-state index contributed by atoms with van der Waals surface area (Å²) in [5.41, 5.74) is 1.65. The van der Waals surface area contributed by atoms with E-state index >= 15 is 0 Å². The molecule has 4 rings (SSSR count). The molecule has 2 aromatic rings. The van der Waals surface area contributed by atoms with Gasteiger partial charge in [-0.05, 0) is 54.9 Å². The van der Waals surface area contributed by atoms with Crippen LogP contribution in [-0.2, 0) is 11.2 Å². The number of carbonyl (C=O) groups excluding carboxylic acids is 1. The van der Waals surface area contributed by atoms with Gasteiger partial charge in [-0.1, -0.05) is 18.2 Å². The monoisotopic (exact) mass is 396 g/mol. The predicted molar refractivity (Wildman–Crippen MR) is 109 cm³/mol. The summed E-state index contributed by atoms with van der Waals surface area (Å²) in [6.45, 7) is 3.05. The number of carbonyl (C=O) groups is 1. The second-order valence-corrected chi connectivity index (χ2v) is 8.07. The number of esters is 1. The van der Waals surface area contributed by atoms with Crippen LogP contribution < -0.4 is 4.74 Å². The molecule has 0 spiro atoms. The Kier molecular flexibility index (Phi) is 6.11. The number of para-hydroxylation sites is 1. The van der Waals surface area contributed by atoms with Crippen molar-refractivity contribution in [3.8, 4) is 5.75 Å². The van der Waals surface area contributed by atoms with Crippen molar-refractivity contribution in [3.63, 3.8) is 0 Å². The van der Waals surface area contributed by atoms with Crippen LogP contribution in [0.5, 0.6) is 5.75 Å². The van der Waals surface area contributed by atoms with E-state index in [-0.39, 0.29) is 6.10 Å². The van der Waals surface area contributed by atoms with E-state index in [0.29, 0.717) is 23.1 Å². The Morgan fingerprint density at radius 3 is 2.72 bits per heavy atom. The zero-order valence-corrected chi connectivity index (χ0v) is 16.7. The fraction of sp³-hybridized carbons (Fsp3) is 0.478. The van der Waals surface area contributed by atoms with Crippen molar-refractivity contribution in [2.75, 3.05) is 26.7 Å². The molecule has 6 heteroatoms. The third-order valence-corrected chi connectivity index (χ3v) is 6.17. The zero-order chi connectivity index (χ0) is 20.2. The molecule has 1 aliphatic heterocycles. The first kappa shape index (κ1) is 19.9. The van der Waals surface area contributed by atoms with Crippen LogP contribution in [0.15, 0.2) is 48.8 Å². The maximum Gasteiger partial charge on any atom is 0.341 e. The SMILES string of the molecule is COC(=O)c1ccccc1O[C@@H]1C[C@@H]2CN(CCc3cccnc3)C[C@@H]2C[C@H]1O. The lowest BCUT2D eigenvalue weighted by Crippen LogP contribution is -2.42. The number of likely N-dealkylation sites (tertiary alicyclic amines) is 1.